The monoisotopic (exact) mass is 502 g/mol. The fourth-order valence-electron chi connectivity index (χ4n) is 3.10. The molecular formula is C22H22ClF3N2O6. The Hall–Kier alpha value is -3.31. The van der Waals surface area contributed by atoms with Crippen molar-refractivity contribution in [2.75, 3.05) is 32.8 Å². The maximum Gasteiger partial charge on any atom is 0.416 e. The van der Waals surface area contributed by atoms with Crippen molar-refractivity contribution in [3.8, 4) is 5.75 Å². The number of halogens is 4. The van der Waals surface area contributed by atoms with Crippen molar-refractivity contribution in [2.45, 2.75) is 12.7 Å². The van der Waals surface area contributed by atoms with Crippen LogP contribution < -0.4 is 4.74 Å². The van der Waals surface area contributed by atoms with Crippen LogP contribution in [0.2, 0.25) is 5.02 Å². The summed E-state index contributed by atoms with van der Waals surface area (Å²) >= 11 is 5.80. The number of carboxylic acid groups (broad SMARTS) is 2. The van der Waals surface area contributed by atoms with Crippen molar-refractivity contribution in [3.63, 3.8) is 0 Å². The molecule has 1 aliphatic rings. The summed E-state index contributed by atoms with van der Waals surface area (Å²) in [7, 11) is 0. The van der Waals surface area contributed by atoms with Crippen LogP contribution in [0.5, 0.6) is 5.75 Å². The van der Waals surface area contributed by atoms with E-state index in [0.29, 0.717) is 37.0 Å². The Balaban J connectivity index is 0.000000604. The highest BCUT2D eigenvalue weighted by Gasteiger charge is 2.33. The number of benzene rings is 2. The number of piperazine rings is 1. The van der Waals surface area contributed by atoms with Crippen molar-refractivity contribution >= 4 is 29.4 Å². The predicted molar refractivity (Wildman–Crippen MR) is 116 cm³/mol. The number of aliphatic carboxylic acids is 2. The normalized spacial score (nSPS) is 14.1. The molecule has 2 aromatic rings. The molecule has 1 heterocycles. The minimum atomic E-state index is -4.37. The lowest BCUT2D eigenvalue weighted by Crippen LogP contribution is -2.49. The van der Waals surface area contributed by atoms with Gasteiger partial charge in [-0.1, -0.05) is 29.8 Å². The number of amides is 1. The second kappa shape index (κ2) is 12.2. The summed E-state index contributed by atoms with van der Waals surface area (Å²) in [6.07, 6.45) is -4.37. The second-order valence-corrected chi connectivity index (χ2v) is 7.60. The van der Waals surface area contributed by atoms with Gasteiger partial charge >= 0.3 is 18.1 Å². The van der Waals surface area contributed by atoms with E-state index in [1.54, 1.807) is 35.2 Å². The zero-order chi connectivity index (χ0) is 25.3. The Morgan fingerprint density at radius 3 is 2.00 bits per heavy atom. The molecule has 1 amide bonds. The molecule has 2 aromatic carbocycles. The first kappa shape index (κ1) is 26.9. The van der Waals surface area contributed by atoms with Gasteiger partial charge in [0.25, 0.3) is 5.91 Å². The van der Waals surface area contributed by atoms with Crippen LogP contribution >= 0.6 is 11.6 Å². The highest BCUT2D eigenvalue weighted by molar-refractivity contribution is 6.30. The molecule has 8 nitrogen and oxygen atoms in total. The maximum absolute atomic E-state index is 13.1. The van der Waals surface area contributed by atoms with Gasteiger partial charge in [-0.05, 0) is 35.9 Å². The molecule has 0 atom stereocenters. The molecular weight excluding hydrogens is 481 g/mol. The van der Waals surface area contributed by atoms with Gasteiger partial charge in [-0.25, -0.2) is 9.59 Å². The molecule has 1 saturated heterocycles. The smallest absolute Gasteiger partial charge is 0.416 e. The number of nitrogens with zero attached hydrogens (tertiary/aromatic N) is 2. The minimum absolute atomic E-state index is 0.0848. The van der Waals surface area contributed by atoms with Crippen LogP contribution in [-0.2, 0) is 27.1 Å². The molecule has 1 fully saturated rings. The van der Waals surface area contributed by atoms with E-state index < -0.39 is 23.7 Å². The third-order valence-electron chi connectivity index (χ3n) is 4.80. The van der Waals surface area contributed by atoms with Gasteiger partial charge in [0.2, 0.25) is 0 Å². The molecule has 184 valence electrons. The maximum atomic E-state index is 13.1. The molecule has 1 aliphatic heterocycles. The summed E-state index contributed by atoms with van der Waals surface area (Å²) in [4.78, 5) is 34.1. The van der Waals surface area contributed by atoms with Gasteiger partial charge in [0.15, 0.2) is 6.61 Å². The first-order chi connectivity index (χ1) is 16.0. The van der Waals surface area contributed by atoms with Gasteiger partial charge in [-0.3, -0.25) is 9.69 Å². The van der Waals surface area contributed by atoms with Crippen molar-refractivity contribution in [3.05, 3.63) is 64.7 Å². The summed E-state index contributed by atoms with van der Waals surface area (Å²) in [6.45, 7) is 2.06. The van der Waals surface area contributed by atoms with Gasteiger partial charge in [-0.2, -0.15) is 13.2 Å². The van der Waals surface area contributed by atoms with Crippen LogP contribution in [0.15, 0.2) is 48.5 Å². The second-order valence-electron chi connectivity index (χ2n) is 7.16. The topological polar surface area (TPSA) is 107 Å². The average molecular weight is 503 g/mol. The lowest BCUT2D eigenvalue weighted by atomic mass is 10.1. The van der Waals surface area contributed by atoms with Gasteiger partial charge in [0, 0.05) is 37.7 Å². The zero-order valence-electron chi connectivity index (χ0n) is 17.8. The molecule has 3 rings (SSSR count). The molecule has 12 heteroatoms. The van der Waals surface area contributed by atoms with Crippen molar-refractivity contribution in [1.29, 1.82) is 0 Å². The molecule has 0 radical (unpaired) electrons. The number of carbonyl (C=O) groups is 3. The van der Waals surface area contributed by atoms with E-state index >= 15 is 0 Å². The van der Waals surface area contributed by atoms with Crippen molar-refractivity contribution < 1.29 is 42.5 Å². The van der Waals surface area contributed by atoms with Crippen molar-refractivity contribution in [1.82, 2.24) is 9.80 Å². The van der Waals surface area contributed by atoms with Gasteiger partial charge in [0.1, 0.15) is 5.75 Å². The summed E-state index contributed by atoms with van der Waals surface area (Å²) in [5.41, 5.74) is -0.356. The van der Waals surface area contributed by atoms with Crippen LogP contribution in [0.3, 0.4) is 0 Å². The van der Waals surface area contributed by atoms with E-state index in [-0.39, 0.29) is 24.6 Å². The SMILES string of the molecule is O=C(COc1ccc(Cl)cc1)N1CCN(Cc2ccccc2C(F)(F)F)CC1.O=C(O)C(=O)O. The highest BCUT2D eigenvalue weighted by atomic mass is 35.5. The van der Waals surface area contributed by atoms with E-state index in [9.17, 15) is 18.0 Å². The molecule has 0 saturated carbocycles. The molecule has 0 spiro atoms. The number of hydrogen-bond donors (Lipinski definition) is 2. The number of alkyl halides is 3. The van der Waals surface area contributed by atoms with Crippen LogP contribution in [0.4, 0.5) is 13.2 Å². The first-order valence-electron chi connectivity index (χ1n) is 9.97. The third-order valence-corrected chi connectivity index (χ3v) is 5.05. The van der Waals surface area contributed by atoms with Crippen molar-refractivity contribution in [2.24, 2.45) is 0 Å². The number of hydrogen-bond acceptors (Lipinski definition) is 5. The molecule has 0 aromatic heterocycles. The molecule has 0 bridgehead atoms. The summed E-state index contributed by atoms with van der Waals surface area (Å²) in [5, 5.41) is 15.4. The lowest BCUT2D eigenvalue weighted by molar-refractivity contribution is -0.159. The van der Waals surface area contributed by atoms with Gasteiger partial charge < -0.3 is 19.8 Å². The van der Waals surface area contributed by atoms with Gasteiger partial charge in [-0.15, -0.1) is 0 Å². The summed E-state index contributed by atoms with van der Waals surface area (Å²) in [6, 6.07) is 12.3. The Labute approximate surface area is 198 Å². The van der Waals surface area contributed by atoms with E-state index in [4.69, 9.17) is 36.1 Å². The van der Waals surface area contributed by atoms with Crippen LogP contribution in [0.25, 0.3) is 0 Å². The molecule has 0 unspecified atom stereocenters. The Morgan fingerprint density at radius 2 is 1.47 bits per heavy atom. The first-order valence-corrected chi connectivity index (χ1v) is 10.3. The van der Waals surface area contributed by atoms with Gasteiger partial charge in [0.05, 0.1) is 5.56 Å². The van der Waals surface area contributed by atoms with E-state index in [0.717, 1.165) is 6.07 Å². The Bertz CT molecular complexity index is 981. The minimum Gasteiger partial charge on any atom is -0.484 e. The zero-order valence-corrected chi connectivity index (χ0v) is 18.6. The summed E-state index contributed by atoms with van der Waals surface area (Å²) in [5.74, 6) is -3.24. The Kier molecular flexibility index (Phi) is 9.69. The predicted octanol–water partition coefficient (Wildman–Crippen LogP) is 3.24. The average Bonchev–Trinajstić information content (AvgIpc) is 2.79. The number of ether oxygens (including phenoxy) is 1. The third kappa shape index (κ3) is 8.56. The quantitative estimate of drug-likeness (QED) is 0.604. The van der Waals surface area contributed by atoms with Crippen LogP contribution in [0.1, 0.15) is 11.1 Å². The standard InChI is InChI=1S/C20H20ClF3N2O2.C2H2O4/c21-16-5-7-17(8-6-16)28-14-19(27)26-11-9-25(10-12-26)13-15-3-1-2-4-18(15)20(22,23)24;3-1(4)2(5)6/h1-8H,9-14H2;(H,3,4)(H,5,6). The largest absolute Gasteiger partial charge is 0.484 e. The molecule has 0 aliphatic carbocycles. The number of carboxylic acids is 2. The van der Waals surface area contributed by atoms with E-state index in [1.807, 2.05) is 4.90 Å². The van der Waals surface area contributed by atoms with Crippen LogP contribution in [-0.4, -0.2) is 70.6 Å². The number of rotatable bonds is 5. The molecule has 34 heavy (non-hydrogen) atoms. The van der Waals surface area contributed by atoms with E-state index in [2.05, 4.69) is 0 Å². The Morgan fingerprint density at radius 1 is 0.912 bits per heavy atom. The highest BCUT2D eigenvalue weighted by Crippen LogP contribution is 2.32. The lowest BCUT2D eigenvalue weighted by Gasteiger charge is -2.35. The number of carbonyl (C=O) groups excluding carboxylic acids is 1. The fourth-order valence-corrected chi connectivity index (χ4v) is 3.22. The van der Waals surface area contributed by atoms with Crippen LogP contribution in [0, 0.1) is 0 Å². The molecule has 2 N–H and O–H groups in total. The fraction of sp³-hybridized carbons (Fsp3) is 0.318. The van der Waals surface area contributed by atoms with E-state index in [1.165, 1.54) is 12.1 Å². The summed E-state index contributed by atoms with van der Waals surface area (Å²) < 4.78 is 44.8.